The SMILES string of the molecule is COc1cc(OC)c(CN=C(N)NC2CCCCCC2)c(OC)c1. The molecule has 1 aliphatic rings. The summed E-state index contributed by atoms with van der Waals surface area (Å²) in [6.07, 6.45) is 7.46. The number of aliphatic imine (C=N–C) groups is 1. The summed E-state index contributed by atoms with van der Waals surface area (Å²) in [4.78, 5) is 4.47. The molecule has 3 N–H and O–H groups in total. The molecule has 1 saturated carbocycles. The molecule has 0 bridgehead atoms. The number of hydrogen-bond donors (Lipinski definition) is 2. The molecule has 0 aliphatic heterocycles. The predicted molar refractivity (Wildman–Crippen MR) is 96.1 cm³/mol. The zero-order valence-corrected chi connectivity index (χ0v) is 14.9. The Morgan fingerprint density at radius 3 is 2.12 bits per heavy atom. The van der Waals surface area contributed by atoms with Gasteiger partial charge in [-0.05, 0) is 12.8 Å². The fourth-order valence-corrected chi connectivity index (χ4v) is 3.08. The van der Waals surface area contributed by atoms with E-state index in [1.54, 1.807) is 21.3 Å². The molecule has 0 aromatic heterocycles. The van der Waals surface area contributed by atoms with Crippen LogP contribution < -0.4 is 25.3 Å². The molecule has 2 rings (SSSR count). The molecule has 0 atom stereocenters. The Hall–Kier alpha value is -2.11. The number of nitrogens with one attached hydrogen (secondary N) is 1. The number of rotatable bonds is 6. The van der Waals surface area contributed by atoms with E-state index in [0.717, 1.165) is 18.4 Å². The van der Waals surface area contributed by atoms with Gasteiger partial charge in [-0.25, -0.2) is 4.99 Å². The molecule has 1 aromatic carbocycles. The molecule has 134 valence electrons. The standard InChI is InChI=1S/C18H29N3O3/c1-22-14-10-16(23-2)15(17(11-14)24-3)12-20-18(19)21-13-8-6-4-5-7-9-13/h10-11,13H,4-9,12H2,1-3H3,(H3,19,20,21). The van der Waals surface area contributed by atoms with Crippen molar-refractivity contribution in [3.63, 3.8) is 0 Å². The van der Waals surface area contributed by atoms with E-state index in [2.05, 4.69) is 10.3 Å². The van der Waals surface area contributed by atoms with Crippen molar-refractivity contribution in [1.82, 2.24) is 5.32 Å². The van der Waals surface area contributed by atoms with Gasteiger partial charge in [0.05, 0.1) is 33.4 Å². The average Bonchev–Trinajstić information content (AvgIpc) is 2.87. The van der Waals surface area contributed by atoms with E-state index < -0.39 is 0 Å². The van der Waals surface area contributed by atoms with Gasteiger partial charge in [0.2, 0.25) is 0 Å². The van der Waals surface area contributed by atoms with Crippen LogP contribution in [0, 0.1) is 0 Å². The van der Waals surface area contributed by atoms with Crippen LogP contribution in [0.4, 0.5) is 0 Å². The van der Waals surface area contributed by atoms with E-state index in [9.17, 15) is 0 Å². The molecule has 1 aromatic rings. The summed E-state index contributed by atoms with van der Waals surface area (Å²) >= 11 is 0. The van der Waals surface area contributed by atoms with E-state index in [4.69, 9.17) is 19.9 Å². The molecule has 24 heavy (non-hydrogen) atoms. The lowest BCUT2D eigenvalue weighted by Crippen LogP contribution is -2.39. The summed E-state index contributed by atoms with van der Waals surface area (Å²) in [6.45, 7) is 0.391. The first kappa shape index (κ1) is 18.2. The van der Waals surface area contributed by atoms with E-state index in [1.807, 2.05) is 12.1 Å². The van der Waals surface area contributed by atoms with Crippen molar-refractivity contribution in [2.45, 2.75) is 51.1 Å². The highest BCUT2D eigenvalue weighted by atomic mass is 16.5. The molecule has 1 fully saturated rings. The molecule has 6 heteroatoms. The van der Waals surface area contributed by atoms with Crippen LogP contribution in [-0.4, -0.2) is 33.3 Å². The third kappa shape index (κ3) is 4.94. The van der Waals surface area contributed by atoms with Gasteiger partial charge >= 0.3 is 0 Å². The van der Waals surface area contributed by atoms with E-state index in [1.165, 1.54) is 25.7 Å². The fourth-order valence-electron chi connectivity index (χ4n) is 3.08. The van der Waals surface area contributed by atoms with Crippen LogP contribution in [0.3, 0.4) is 0 Å². The van der Waals surface area contributed by atoms with Gasteiger partial charge < -0.3 is 25.3 Å². The molecular weight excluding hydrogens is 306 g/mol. The van der Waals surface area contributed by atoms with Crippen molar-refractivity contribution in [3.8, 4) is 17.2 Å². The first-order chi connectivity index (χ1) is 11.7. The highest BCUT2D eigenvalue weighted by Crippen LogP contribution is 2.34. The number of ether oxygens (including phenoxy) is 3. The summed E-state index contributed by atoms with van der Waals surface area (Å²) in [5.41, 5.74) is 6.93. The zero-order valence-electron chi connectivity index (χ0n) is 14.9. The molecule has 0 radical (unpaired) electrons. The van der Waals surface area contributed by atoms with Gasteiger partial charge in [0.1, 0.15) is 17.2 Å². The van der Waals surface area contributed by atoms with E-state index in [0.29, 0.717) is 35.8 Å². The number of nitrogens with two attached hydrogens (primary N) is 1. The molecule has 6 nitrogen and oxygen atoms in total. The highest BCUT2D eigenvalue weighted by Gasteiger charge is 2.15. The average molecular weight is 335 g/mol. The summed E-state index contributed by atoms with van der Waals surface area (Å²) in [7, 11) is 4.85. The first-order valence-corrected chi connectivity index (χ1v) is 8.53. The van der Waals surface area contributed by atoms with Crippen LogP contribution >= 0.6 is 0 Å². The normalized spacial score (nSPS) is 16.4. The highest BCUT2D eigenvalue weighted by molar-refractivity contribution is 5.78. The Bertz CT molecular complexity index is 527. The van der Waals surface area contributed by atoms with Gasteiger partial charge in [0.15, 0.2) is 5.96 Å². The number of methoxy groups -OCH3 is 3. The lowest BCUT2D eigenvalue weighted by molar-refractivity contribution is 0.369. The van der Waals surface area contributed by atoms with Gasteiger partial charge in [-0.15, -0.1) is 0 Å². The second-order valence-electron chi connectivity index (χ2n) is 6.04. The summed E-state index contributed by atoms with van der Waals surface area (Å²) in [5.74, 6) is 2.51. The monoisotopic (exact) mass is 335 g/mol. The summed E-state index contributed by atoms with van der Waals surface area (Å²) in [6, 6.07) is 4.07. The van der Waals surface area contributed by atoms with Crippen LogP contribution in [0.2, 0.25) is 0 Å². The Labute approximate surface area is 144 Å². The number of guanidine groups is 1. The minimum absolute atomic E-state index is 0.391. The summed E-state index contributed by atoms with van der Waals surface area (Å²) < 4.78 is 16.1. The summed E-state index contributed by atoms with van der Waals surface area (Å²) in [5, 5.41) is 3.35. The molecule has 0 spiro atoms. The molecular formula is C18H29N3O3. The van der Waals surface area contributed by atoms with Gasteiger partial charge in [0, 0.05) is 18.2 Å². The molecule has 0 heterocycles. The lowest BCUT2D eigenvalue weighted by atomic mass is 10.1. The topological polar surface area (TPSA) is 78.1 Å². The zero-order chi connectivity index (χ0) is 17.4. The van der Waals surface area contributed by atoms with E-state index in [-0.39, 0.29) is 0 Å². The molecule has 1 aliphatic carbocycles. The van der Waals surface area contributed by atoms with E-state index >= 15 is 0 Å². The Balaban J connectivity index is 2.08. The Morgan fingerprint density at radius 2 is 1.62 bits per heavy atom. The molecule has 0 unspecified atom stereocenters. The van der Waals surface area contributed by atoms with Crippen molar-refractivity contribution in [2.24, 2.45) is 10.7 Å². The lowest BCUT2D eigenvalue weighted by Gasteiger charge is -2.17. The van der Waals surface area contributed by atoms with Crippen LogP contribution in [-0.2, 0) is 6.54 Å². The van der Waals surface area contributed by atoms with Crippen LogP contribution in [0.15, 0.2) is 17.1 Å². The molecule has 0 amide bonds. The van der Waals surface area contributed by atoms with Gasteiger partial charge in [0.25, 0.3) is 0 Å². The van der Waals surface area contributed by atoms with Gasteiger partial charge in [-0.3, -0.25) is 0 Å². The van der Waals surface area contributed by atoms with Gasteiger partial charge in [-0.2, -0.15) is 0 Å². The third-order valence-corrected chi connectivity index (χ3v) is 4.43. The Kier molecular flexibility index (Phi) is 7.03. The van der Waals surface area contributed by atoms with Crippen molar-refractivity contribution < 1.29 is 14.2 Å². The minimum atomic E-state index is 0.391. The predicted octanol–water partition coefficient (Wildman–Crippen LogP) is 2.84. The fraction of sp³-hybridized carbons (Fsp3) is 0.611. The number of benzene rings is 1. The maximum atomic E-state index is 6.08. The number of nitrogens with zero attached hydrogens (tertiary/aromatic N) is 1. The van der Waals surface area contributed by atoms with Crippen molar-refractivity contribution in [1.29, 1.82) is 0 Å². The third-order valence-electron chi connectivity index (χ3n) is 4.43. The molecule has 0 saturated heterocycles. The maximum absolute atomic E-state index is 6.08. The minimum Gasteiger partial charge on any atom is -0.496 e. The number of hydrogen-bond acceptors (Lipinski definition) is 4. The van der Waals surface area contributed by atoms with Gasteiger partial charge in [-0.1, -0.05) is 25.7 Å². The van der Waals surface area contributed by atoms with Crippen LogP contribution in [0.25, 0.3) is 0 Å². The second kappa shape index (κ2) is 9.25. The van der Waals surface area contributed by atoms with Crippen LogP contribution in [0.1, 0.15) is 44.1 Å². The van der Waals surface area contributed by atoms with Crippen molar-refractivity contribution in [2.75, 3.05) is 21.3 Å². The van der Waals surface area contributed by atoms with Crippen molar-refractivity contribution >= 4 is 5.96 Å². The van der Waals surface area contributed by atoms with Crippen LogP contribution in [0.5, 0.6) is 17.2 Å². The maximum Gasteiger partial charge on any atom is 0.189 e. The second-order valence-corrected chi connectivity index (χ2v) is 6.04. The first-order valence-electron chi connectivity index (χ1n) is 8.53. The quantitative estimate of drug-likeness (QED) is 0.475. The smallest absolute Gasteiger partial charge is 0.189 e. The largest absolute Gasteiger partial charge is 0.496 e. The van der Waals surface area contributed by atoms with Crippen molar-refractivity contribution in [3.05, 3.63) is 17.7 Å². The Morgan fingerprint density at radius 1 is 1.04 bits per heavy atom.